The first-order valence-electron chi connectivity index (χ1n) is 10.6. The van der Waals surface area contributed by atoms with Crippen molar-refractivity contribution >= 4 is 35.1 Å². The molecule has 3 atom stereocenters. The van der Waals surface area contributed by atoms with Crippen LogP contribution in [0.25, 0.3) is 0 Å². The Bertz CT molecular complexity index is 1010. The highest BCUT2D eigenvalue weighted by Crippen LogP contribution is 2.46. The highest BCUT2D eigenvalue weighted by atomic mass is 35.5. The van der Waals surface area contributed by atoms with Crippen LogP contribution in [0.15, 0.2) is 36.4 Å². The summed E-state index contributed by atoms with van der Waals surface area (Å²) in [5, 5.41) is 22.4. The van der Waals surface area contributed by atoms with Gasteiger partial charge in [-0.15, -0.1) is 0 Å². The average molecular weight is 496 g/mol. The van der Waals surface area contributed by atoms with Crippen LogP contribution in [0.4, 0.5) is 0 Å². The predicted molar refractivity (Wildman–Crippen MR) is 125 cm³/mol. The average Bonchev–Trinajstić information content (AvgIpc) is 2.74. The van der Waals surface area contributed by atoms with E-state index in [0.717, 1.165) is 11.1 Å². The van der Waals surface area contributed by atoms with E-state index in [9.17, 15) is 9.59 Å². The van der Waals surface area contributed by atoms with Gasteiger partial charge in [0.05, 0.1) is 18.8 Å². The Morgan fingerprint density at radius 1 is 1.18 bits per heavy atom. The van der Waals surface area contributed by atoms with Gasteiger partial charge in [0.15, 0.2) is 6.61 Å². The summed E-state index contributed by atoms with van der Waals surface area (Å²) in [7, 11) is 0. The normalized spacial score (nSPS) is 22.6. The molecular formula is C24H27Cl2NO6. The van der Waals surface area contributed by atoms with Crippen LogP contribution in [-0.4, -0.2) is 40.8 Å². The van der Waals surface area contributed by atoms with Gasteiger partial charge < -0.3 is 25.0 Å². The molecule has 0 aliphatic carbocycles. The van der Waals surface area contributed by atoms with Crippen LogP contribution in [-0.2, 0) is 14.3 Å². The summed E-state index contributed by atoms with van der Waals surface area (Å²) in [6.07, 6.45) is -0.0334. The molecule has 3 rings (SSSR count). The molecule has 0 spiro atoms. The van der Waals surface area contributed by atoms with Crippen molar-refractivity contribution in [1.29, 1.82) is 0 Å². The fourth-order valence-electron chi connectivity index (χ4n) is 4.04. The van der Waals surface area contributed by atoms with Crippen molar-refractivity contribution in [1.82, 2.24) is 5.32 Å². The number of benzene rings is 2. The van der Waals surface area contributed by atoms with Gasteiger partial charge in [-0.25, -0.2) is 4.79 Å². The first-order chi connectivity index (χ1) is 15.6. The van der Waals surface area contributed by atoms with Crippen LogP contribution in [0.5, 0.6) is 5.75 Å². The second-order valence-electron chi connectivity index (χ2n) is 8.48. The number of hydrogen-bond donors (Lipinski definition) is 3. The molecular weight excluding hydrogens is 469 g/mol. The molecule has 0 unspecified atom stereocenters. The number of ether oxygens (including phenoxy) is 2. The van der Waals surface area contributed by atoms with Crippen LogP contribution in [0, 0.1) is 6.92 Å². The molecule has 3 N–H and O–H groups in total. The van der Waals surface area contributed by atoms with Crippen molar-refractivity contribution in [3.8, 4) is 5.75 Å². The summed E-state index contributed by atoms with van der Waals surface area (Å²) in [5.74, 6) is -0.997. The van der Waals surface area contributed by atoms with Gasteiger partial charge >= 0.3 is 5.97 Å². The number of amides is 1. The summed E-state index contributed by atoms with van der Waals surface area (Å²) in [6, 6.07) is 10.7. The monoisotopic (exact) mass is 495 g/mol. The van der Waals surface area contributed by atoms with Crippen molar-refractivity contribution in [2.75, 3.05) is 13.2 Å². The number of carboxylic acids is 1. The molecule has 1 aliphatic rings. The number of aliphatic hydroxyl groups excluding tert-OH is 1. The Hall–Kier alpha value is -2.32. The van der Waals surface area contributed by atoms with Crippen LogP contribution in [0.2, 0.25) is 10.0 Å². The Morgan fingerprint density at radius 2 is 1.85 bits per heavy atom. The molecule has 1 aliphatic heterocycles. The number of halogens is 2. The number of aliphatic carboxylic acids is 1. The predicted octanol–water partition coefficient (Wildman–Crippen LogP) is 4.62. The lowest BCUT2D eigenvalue weighted by Crippen LogP contribution is -2.51. The fraction of sp³-hybridized carbons (Fsp3) is 0.417. The van der Waals surface area contributed by atoms with Gasteiger partial charge in [-0.1, -0.05) is 35.3 Å². The zero-order valence-corrected chi connectivity index (χ0v) is 19.9. The molecule has 1 fully saturated rings. The van der Waals surface area contributed by atoms with Crippen molar-refractivity contribution in [3.05, 3.63) is 63.1 Å². The molecule has 7 nitrogen and oxygen atoms in total. The summed E-state index contributed by atoms with van der Waals surface area (Å²) in [4.78, 5) is 23.5. The van der Waals surface area contributed by atoms with Crippen LogP contribution in [0.3, 0.4) is 0 Å². The zero-order valence-electron chi connectivity index (χ0n) is 18.4. The highest BCUT2D eigenvalue weighted by Gasteiger charge is 2.41. The standard InChI is InChI=1S/C24H27Cl2NO6/c1-14-9-19(32-13-23(30)31)17(10-18(14)26)21-12-24(2,27-22(29)7-8-28)11-20(33-21)15-3-5-16(25)6-4-15/h3-6,9-10,20-21,28H,7-8,11-13H2,1-2H3,(H,27,29)(H,30,31)/t20-,21+,24+/m0/s1. The first-order valence-corrected chi connectivity index (χ1v) is 11.3. The van der Waals surface area contributed by atoms with Crippen LogP contribution in [0.1, 0.15) is 55.1 Å². The number of carboxylic acid groups (broad SMARTS) is 1. The summed E-state index contributed by atoms with van der Waals surface area (Å²) in [6.45, 7) is 2.97. The third-order valence-electron chi connectivity index (χ3n) is 5.61. The Balaban J connectivity index is 2.00. The number of aliphatic hydroxyl groups is 1. The van der Waals surface area contributed by atoms with Crippen molar-refractivity contribution in [3.63, 3.8) is 0 Å². The quantitative estimate of drug-likeness (QED) is 0.493. The number of rotatable bonds is 8. The van der Waals surface area contributed by atoms with Crippen LogP contribution < -0.4 is 10.1 Å². The fourth-order valence-corrected chi connectivity index (χ4v) is 4.34. The molecule has 0 bridgehead atoms. The zero-order chi connectivity index (χ0) is 24.2. The molecule has 33 heavy (non-hydrogen) atoms. The number of carbonyl (C=O) groups excluding carboxylic acids is 1. The molecule has 1 amide bonds. The van der Waals surface area contributed by atoms with E-state index in [1.165, 1.54) is 0 Å². The van der Waals surface area contributed by atoms with Gasteiger partial charge in [-0.3, -0.25) is 4.79 Å². The largest absolute Gasteiger partial charge is 0.482 e. The summed E-state index contributed by atoms with van der Waals surface area (Å²) < 4.78 is 12.0. The second-order valence-corrected chi connectivity index (χ2v) is 9.32. The lowest BCUT2D eigenvalue weighted by molar-refractivity contribution is -0.139. The van der Waals surface area contributed by atoms with E-state index in [4.69, 9.17) is 42.9 Å². The molecule has 0 radical (unpaired) electrons. The maximum atomic E-state index is 12.4. The molecule has 9 heteroatoms. The van der Waals surface area contributed by atoms with Gasteiger partial charge in [-0.05, 0) is 49.2 Å². The Morgan fingerprint density at radius 3 is 2.48 bits per heavy atom. The topological polar surface area (TPSA) is 105 Å². The maximum absolute atomic E-state index is 12.4. The number of nitrogens with one attached hydrogen (secondary N) is 1. The third kappa shape index (κ3) is 6.60. The lowest BCUT2D eigenvalue weighted by Gasteiger charge is -2.43. The molecule has 1 heterocycles. The minimum atomic E-state index is -1.10. The van der Waals surface area contributed by atoms with Gasteiger partial charge in [0.2, 0.25) is 5.91 Å². The minimum Gasteiger partial charge on any atom is -0.482 e. The van der Waals surface area contributed by atoms with Crippen molar-refractivity contribution < 1.29 is 29.3 Å². The van der Waals surface area contributed by atoms with E-state index in [1.807, 2.05) is 19.1 Å². The van der Waals surface area contributed by atoms with E-state index in [0.29, 0.717) is 34.2 Å². The molecule has 0 aromatic heterocycles. The number of aryl methyl sites for hydroxylation is 1. The van der Waals surface area contributed by atoms with E-state index >= 15 is 0 Å². The number of hydrogen-bond acceptors (Lipinski definition) is 5. The Kier molecular flexibility index (Phi) is 8.23. The van der Waals surface area contributed by atoms with Crippen molar-refractivity contribution in [2.24, 2.45) is 0 Å². The van der Waals surface area contributed by atoms with Crippen LogP contribution >= 0.6 is 23.2 Å². The smallest absolute Gasteiger partial charge is 0.341 e. The minimum absolute atomic E-state index is 0.00391. The maximum Gasteiger partial charge on any atom is 0.341 e. The third-order valence-corrected chi connectivity index (χ3v) is 6.27. The van der Waals surface area contributed by atoms with Gasteiger partial charge in [0, 0.05) is 40.4 Å². The Labute approximate surface area is 202 Å². The van der Waals surface area contributed by atoms with E-state index in [1.54, 1.807) is 31.2 Å². The lowest BCUT2D eigenvalue weighted by atomic mass is 9.81. The van der Waals surface area contributed by atoms with E-state index < -0.39 is 24.2 Å². The number of carbonyl (C=O) groups is 2. The highest BCUT2D eigenvalue weighted by molar-refractivity contribution is 6.31. The van der Waals surface area contributed by atoms with Crippen molar-refractivity contribution in [2.45, 2.75) is 50.9 Å². The van der Waals surface area contributed by atoms with Gasteiger partial charge in [0.25, 0.3) is 0 Å². The summed E-state index contributed by atoms with van der Waals surface area (Å²) >= 11 is 12.4. The molecule has 178 valence electrons. The molecule has 1 saturated heterocycles. The molecule has 2 aromatic carbocycles. The SMILES string of the molecule is Cc1cc(OCC(=O)O)c([C@H]2C[C@](C)(NC(=O)CCO)C[C@@H](c3ccc(Cl)cc3)O2)cc1Cl. The summed E-state index contributed by atoms with van der Waals surface area (Å²) in [5.41, 5.74) is 1.57. The molecule has 2 aromatic rings. The van der Waals surface area contributed by atoms with E-state index in [2.05, 4.69) is 5.32 Å². The van der Waals surface area contributed by atoms with Gasteiger partial charge in [0.1, 0.15) is 5.75 Å². The first kappa shape index (κ1) is 25.3. The van der Waals surface area contributed by atoms with Gasteiger partial charge in [-0.2, -0.15) is 0 Å². The van der Waals surface area contributed by atoms with E-state index in [-0.39, 0.29) is 25.0 Å². The molecule has 0 saturated carbocycles. The second kappa shape index (κ2) is 10.7.